The van der Waals surface area contributed by atoms with Crippen LogP contribution in [0.15, 0.2) is 55.2 Å². The van der Waals surface area contributed by atoms with Crippen LogP contribution in [0.1, 0.15) is 30.5 Å². The molecule has 3 rings (SSSR count). The third-order valence-corrected chi connectivity index (χ3v) is 5.69. The average Bonchev–Trinajstić information content (AvgIpc) is 3.11. The highest BCUT2D eigenvalue weighted by Gasteiger charge is 2.15. The van der Waals surface area contributed by atoms with E-state index in [1.165, 1.54) is 10.2 Å². The van der Waals surface area contributed by atoms with E-state index in [4.69, 9.17) is 9.47 Å². The highest BCUT2D eigenvalue weighted by atomic mass is 32.2. The first-order valence-electron chi connectivity index (χ1n) is 9.57. The summed E-state index contributed by atoms with van der Waals surface area (Å²) < 4.78 is 36.6. The Morgan fingerprint density at radius 2 is 1.90 bits per heavy atom. The van der Waals surface area contributed by atoms with Crippen LogP contribution in [-0.2, 0) is 32.6 Å². The summed E-state index contributed by atoms with van der Waals surface area (Å²) in [5.41, 5.74) is 3.81. The number of hydrogen-bond donors (Lipinski definition) is 0. The van der Waals surface area contributed by atoms with Gasteiger partial charge in [-0.3, -0.25) is 4.79 Å². The molecule has 1 heterocycles. The fourth-order valence-electron chi connectivity index (χ4n) is 3.32. The lowest BCUT2D eigenvalue weighted by Gasteiger charge is -2.13. The standard InChI is InChI=1S/C23H25NO5S/c1-5-28-23(25)14-18-8-6-7-9-22(18)29-15-17-12-20(16(2)3)19-10-11-24(21(19)13-17)30(4,26)27/h6-13H,2,5,14-15H2,1,3-4H3. The van der Waals surface area contributed by atoms with Crippen molar-refractivity contribution in [2.24, 2.45) is 0 Å². The first-order valence-corrected chi connectivity index (χ1v) is 11.4. The van der Waals surface area contributed by atoms with Crippen molar-refractivity contribution in [3.63, 3.8) is 0 Å². The summed E-state index contributed by atoms with van der Waals surface area (Å²) in [6.07, 6.45) is 2.84. The molecule has 0 radical (unpaired) electrons. The Morgan fingerprint density at radius 1 is 1.17 bits per heavy atom. The van der Waals surface area contributed by atoms with Crippen LogP contribution in [0.3, 0.4) is 0 Å². The van der Waals surface area contributed by atoms with Crippen LogP contribution in [0, 0.1) is 0 Å². The Hall–Kier alpha value is -3.06. The van der Waals surface area contributed by atoms with Crippen LogP contribution < -0.4 is 4.74 Å². The van der Waals surface area contributed by atoms with Gasteiger partial charge in [-0.05, 0) is 49.2 Å². The molecular formula is C23H25NO5S. The molecule has 0 amide bonds. The number of benzene rings is 2. The van der Waals surface area contributed by atoms with Gasteiger partial charge in [0.25, 0.3) is 0 Å². The number of aromatic nitrogens is 1. The number of fused-ring (bicyclic) bond motifs is 1. The van der Waals surface area contributed by atoms with E-state index in [2.05, 4.69) is 6.58 Å². The van der Waals surface area contributed by atoms with Crippen molar-refractivity contribution in [2.45, 2.75) is 26.9 Å². The van der Waals surface area contributed by atoms with Gasteiger partial charge in [-0.25, -0.2) is 12.4 Å². The first-order chi connectivity index (χ1) is 14.2. The van der Waals surface area contributed by atoms with Gasteiger partial charge < -0.3 is 9.47 Å². The van der Waals surface area contributed by atoms with Crippen molar-refractivity contribution in [1.29, 1.82) is 0 Å². The quantitative estimate of drug-likeness (QED) is 0.505. The minimum absolute atomic E-state index is 0.122. The van der Waals surface area contributed by atoms with Crippen molar-refractivity contribution in [3.8, 4) is 5.75 Å². The highest BCUT2D eigenvalue weighted by Crippen LogP contribution is 2.29. The molecule has 0 aliphatic rings. The molecule has 0 unspecified atom stereocenters. The van der Waals surface area contributed by atoms with Gasteiger partial charge in [-0.1, -0.05) is 30.4 Å². The third kappa shape index (κ3) is 4.74. The molecule has 3 aromatic rings. The van der Waals surface area contributed by atoms with Crippen molar-refractivity contribution < 1.29 is 22.7 Å². The number of carbonyl (C=O) groups is 1. The predicted octanol–water partition coefficient (Wildman–Crippen LogP) is 4.17. The maximum atomic E-state index is 12.1. The molecule has 0 N–H and O–H groups in total. The fraction of sp³-hybridized carbons (Fsp3) is 0.261. The van der Waals surface area contributed by atoms with E-state index in [1.807, 2.05) is 31.2 Å². The Balaban J connectivity index is 1.94. The molecule has 6 nitrogen and oxygen atoms in total. The third-order valence-electron chi connectivity index (χ3n) is 4.66. The van der Waals surface area contributed by atoms with E-state index in [0.717, 1.165) is 27.6 Å². The molecule has 0 saturated carbocycles. The summed E-state index contributed by atoms with van der Waals surface area (Å²) in [5, 5.41) is 0.819. The van der Waals surface area contributed by atoms with Crippen LogP contribution in [0.5, 0.6) is 5.75 Å². The van der Waals surface area contributed by atoms with E-state index in [-0.39, 0.29) is 19.0 Å². The second-order valence-electron chi connectivity index (χ2n) is 7.11. The number of allylic oxidation sites excluding steroid dienone is 1. The minimum Gasteiger partial charge on any atom is -0.489 e. The summed E-state index contributed by atoms with van der Waals surface area (Å²) in [7, 11) is -3.44. The van der Waals surface area contributed by atoms with Crippen LogP contribution >= 0.6 is 0 Å². The molecule has 0 fully saturated rings. The topological polar surface area (TPSA) is 74.6 Å². The zero-order valence-electron chi connectivity index (χ0n) is 17.3. The number of ether oxygens (including phenoxy) is 2. The van der Waals surface area contributed by atoms with E-state index >= 15 is 0 Å². The first kappa shape index (κ1) is 21.6. The minimum atomic E-state index is -3.44. The normalized spacial score (nSPS) is 11.4. The fourth-order valence-corrected chi connectivity index (χ4v) is 4.11. The molecule has 0 spiro atoms. The molecule has 7 heteroatoms. The van der Waals surface area contributed by atoms with Crippen LogP contribution in [0.4, 0.5) is 0 Å². The second-order valence-corrected chi connectivity index (χ2v) is 8.97. The maximum Gasteiger partial charge on any atom is 0.310 e. The number of para-hydroxylation sites is 1. The van der Waals surface area contributed by atoms with Gasteiger partial charge in [-0.2, -0.15) is 0 Å². The molecular weight excluding hydrogens is 402 g/mol. The average molecular weight is 428 g/mol. The lowest BCUT2D eigenvalue weighted by Crippen LogP contribution is -2.10. The summed E-state index contributed by atoms with van der Waals surface area (Å²) >= 11 is 0. The van der Waals surface area contributed by atoms with Crippen molar-refractivity contribution in [2.75, 3.05) is 12.9 Å². The Bertz CT molecular complexity index is 1210. The molecule has 158 valence electrons. The van der Waals surface area contributed by atoms with Gasteiger partial charge in [0.1, 0.15) is 12.4 Å². The number of nitrogens with zero attached hydrogens (tertiary/aromatic N) is 1. The van der Waals surface area contributed by atoms with Crippen molar-refractivity contribution in [3.05, 3.63) is 71.9 Å². The van der Waals surface area contributed by atoms with Crippen molar-refractivity contribution >= 4 is 32.5 Å². The zero-order chi connectivity index (χ0) is 21.9. The van der Waals surface area contributed by atoms with E-state index < -0.39 is 10.0 Å². The second kappa shape index (κ2) is 8.75. The largest absolute Gasteiger partial charge is 0.489 e. The lowest BCUT2D eigenvalue weighted by atomic mass is 10.0. The van der Waals surface area contributed by atoms with Crippen LogP contribution in [0.25, 0.3) is 16.5 Å². The molecule has 0 atom stereocenters. The Morgan fingerprint density at radius 3 is 2.57 bits per heavy atom. The van der Waals surface area contributed by atoms with Gasteiger partial charge >= 0.3 is 5.97 Å². The summed E-state index contributed by atoms with van der Waals surface area (Å²) in [6.45, 7) is 8.20. The smallest absolute Gasteiger partial charge is 0.310 e. The van der Waals surface area contributed by atoms with Gasteiger partial charge in [-0.15, -0.1) is 0 Å². The SMILES string of the molecule is C=C(C)c1cc(COc2ccccc2CC(=O)OCC)cc2c1ccn2S(C)(=O)=O. The van der Waals surface area contributed by atoms with Gasteiger partial charge in [0, 0.05) is 17.1 Å². The molecule has 0 aliphatic heterocycles. The molecule has 0 bridgehead atoms. The number of esters is 1. The molecule has 1 aromatic heterocycles. The number of hydrogen-bond acceptors (Lipinski definition) is 5. The lowest BCUT2D eigenvalue weighted by molar-refractivity contribution is -0.142. The van der Waals surface area contributed by atoms with Gasteiger partial charge in [0.2, 0.25) is 10.0 Å². The van der Waals surface area contributed by atoms with Gasteiger partial charge in [0.05, 0.1) is 24.8 Å². The van der Waals surface area contributed by atoms with E-state index in [9.17, 15) is 13.2 Å². The van der Waals surface area contributed by atoms with Crippen molar-refractivity contribution in [1.82, 2.24) is 3.97 Å². The van der Waals surface area contributed by atoms with E-state index in [0.29, 0.717) is 17.9 Å². The maximum absolute atomic E-state index is 12.1. The Kier molecular flexibility index (Phi) is 6.31. The van der Waals surface area contributed by atoms with Crippen LogP contribution in [0.2, 0.25) is 0 Å². The summed E-state index contributed by atoms with van der Waals surface area (Å²) in [4.78, 5) is 11.9. The predicted molar refractivity (Wildman–Crippen MR) is 118 cm³/mol. The van der Waals surface area contributed by atoms with E-state index in [1.54, 1.807) is 31.3 Å². The molecule has 0 aliphatic carbocycles. The van der Waals surface area contributed by atoms with Gasteiger partial charge in [0.15, 0.2) is 0 Å². The Labute approximate surface area is 176 Å². The molecule has 2 aromatic carbocycles. The number of rotatable bonds is 8. The van der Waals surface area contributed by atoms with Crippen LogP contribution in [-0.4, -0.2) is 31.2 Å². The molecule has 30 heavy (non-hydrogen) atoms. The number of carbonyl (C=O) groups excluding carboxylic acids is 1. The highest BCUT2D eigenvalue weighted by molar-refractivity contribution is 7.89. The summed E-state index contributed by atoms with van der Waals surface area (Å²) in [6, 6.07) is 12.8. The zero-order valence-corrected chi connectivity index (χ0v) is 18.2. The summed E-state index contributed by atoms with van der Waals surface area (Å²) in [5.74, 6) is 0.270. The monoisotopic (exact) mass is 427 g/mol. The molecule has 0 saturated heterocycles.